The average molecular weight is 719 g/mol. The molecule has 0 saturated carbocycles. The van der Waals surface area contributed by atoms with E-state index in [1.807, 2.05) is 0 Å². The molecule has 0 aromatic heterocycles. The Labute approximate surface area is 313 Å². The predicted octanol–water partition coefficient (Wildman–Crippen LogP) is -3.16. The minimum atomic E-state index is -4.97. The van der Waals surface area contributed by atoms with E-state index in [2.05, 4.69) is 10.6 Å². The second kappa shape index (κ2) is 14.4. The molecule has 0 atom stereocenters. The Bertz CT molecular complexity index is 2110. The van der Waals surface area contributed by atoms with Gasteiger partial charge in [-0.2, -0.15) is 0 Å². The summed E-state index contributed by atoms with van der Waals surface area (Å²) in [5.74, 6) is -2.70. The SMILES string of the molecule is COc1c(C(=O)Nc2ccc3c(c2)S(=O)(=O)c2cc(NC(=O)c4cccc(S(=O)(=O)[O-])c4OC)ccc2-3)cccc1S(=O)(=O)[O-].[Na+].[Na+]. The molecule has 4 aromatic rings. The molecular formula is C28H20N2Na2O12S3. The molecule has 0 aliphatic carbocycles. The molecule has 0 spiro atoms. The van der Waals surface area contributed by atoms with Crippen molar-refractivity contribution in [3.63, 3.8) is 0 Å². The molecule has 234 valence electrons. The van der Waals surface area contributed by atoms with Crippen molar-refractivity contribution in [3.05, 3.63) is 83.9 Å². The second-order valence-corrected chi connectivity index (χ2v) is 14.0. The van der Waals surface area contributed by atoms with Crippen LogP contribution in [0, 0.1) is 0 Å². The molecule has 5 rings (SSSR count). The van der Waals surface area contributed by atoms with Crippen LogP contribution in [0.2, 0.25) is 0 Å². The van der Waals surface area contributed by atoms with Gasteiger partial charge in [0, 0.05) is 22.5 Å². The fraction of sp³-hybridized carbons (Fsp3) is 0.0714. The number of rotatable bonds is 8. The van der Waals surface area contributed by atoms with E-state index in [0.29, 0.717) is 11.1 Å². The monoisotopic (exact) mass is 718 g/mol. The predicted molar refractivity (Wildman–Crippen MR) is 155 cm³/mol. The molecule has 19 heteroatoms. The van der Waals surface area contributed by atoms with E-state index in [0.717, 1.165) is 26.4 Å². The van der Waals surface area contributed by atoms with Gasteiger partial charge in [-0.05, 0) is 48.5 Å². The molecule has 4 aromatic carbocycles. The summed E-state index contributed by atoms with van der Waals surface area (Å²) < 4.78 is 107. The summed E-state index contributed by atoms with van der Waals surface area (Å²) in [6.07, 6.45) is 0. The number of sulfone groups is 1. The fourth-order valence-electron chi connectivity index (χ4n) is 4.81. The molecule has 1 aliphatic rings. The van der Waals surface area contributed by atoms with Gasteiger partial charge in [-0.1, -0.05) is 24.3 Å². The van der Waals surface area contributed by atoms with Crippen LogP contribution in [0.15, 0.2) is 92.4 Å². The Kier molecular flexibility index (Phi) is 11.8. The first kappa shape index (κ1) is 38.6. The summed E-state index contributed by atoms with van der Waals surface area (Å²) in [6.45, 7) is 0. The maximum absolute atomic E-state index is 13.5. The molecule has 1 heterocycles. The minimum absolute atomic E-state index is 0. The van der Waals surface area contributed by atoms with Crippen molar-refractivity contribution < 1.29 is 113 Å². The first-order valence-electron chi connectivity index (χ1n) is 12.5. The number of hydrogen-bond donors (Lipinski definition) is 2. The normalized spacial score (nSPS) is 12.8. The zero-order valence-corrected chi connectivity index (χ0v) is 31.5. The van der Waals surface area contributed by atoms with E-state index in [-0.39, 0.29) is 91.4 Å². The Morgan fingerprint density at radius 3 is 1.32 bits per heavy atom. The summed E-state index contributed by atoms with van der Waals surface area (Å²) in [7, 11) is -12.0. The summed E-state index contributed by atoms with van der Waals surface area (Å²) in [6, 6.07) is 14.9. The van der Waals surface area contributed by atoms with Gasteiger partial charge in [-0.15, -0.1) is 0 Å². The van der Waals surface area contributed by atoms with E-state index in [1.54, 1.807) is 0 Å². The number of carbonyl (C=O) groups is 2. The van der Waals surface area contributed by atoms with Crippen LogP contribution in [-0.4, -0.2) is 60.4 Å². The van der Waals surface area contributed by atoms with E-state index in [4.69, 9.17) is 9.47 Å². The molecule has 2 amide bonds. The smallest absolute Gasteiger partial charge is 0.744 e. The quantitative estimate of drug-likeness (QED) is 0.120. The Hall–Kier alpha value is -2.81. The van der Waals surface area contributed by atoms with Gasteiger partial charge < -0.3 is 29.2 Å². The van der Waals surface area contributed by atoms with Crippen LogP contribution in [0.5, 0.6) is 11.5 Å². The number of nitrogens with one attached hydrogen (secondary N) is 2. The van der Waals surface area contributed by atoms with Crippen molar-refractivity contribution in [2.24, 2.45) is 0 Å². The number of carbonyl (C=O) groups excluding carboxylic acids is 2. The van der Waals surface area contributed by atoms with Crippen molar-refractivity contribution in [1.29, 1.82) is 0 Å². The number of ether oxygens (including phenoxy) is 2. The van der Waals surface area contributed by atoms with Crippen LogP contribution in [-0.2, 0) is 30.1 Å². The van der Waals surface area contributed by atoms with Gasteiger partial charge in [-0.25, -0.2) is 25.3 Å². The summed E-state index contributed by atoms with van der Waals surface area (Å²) in [5, 5.41) is 4.95. The molecule has 0 bridgehead atoms. The van der Waals surface area contributed by atoms with Gasteiger partial charge in [0.05, 0.1) is 44.9 Å². The van der Waals surface area contributed by atoms with Crippen LogP contribution in [0.25, 0.3) is 11.1 Å². The van der Waals surface area contributed by atoms with Crippen molar-refractivity contribution in [2.45, 2.75) is 19.6 Å². The van der Waals surface area contributed by atoms with Crippen LogP contribution in [0.4, 0.5) is 11.4 Å². The molecule has 14 nitrogen and oxygen atoms in total. The number of hydrogen-bond acceptors (Lipinski definition) is 12. The first-order chi connectivity index (χ1) is 21.1. The van der Waals surface area contributed by atoms with Gasteiger partial charge in [0.25, 0.3) is 11.8 Å². The summed E-state index contributed by atoms with van der Waals surface area (Å²) >= 11 is 0. The van der Waals surface area contributed by atoms with E-state index < -0.39 is 63.2 Å². The Morgan fingerprint density at radius 1 is 0.638 bits per heavy atom. The topological polar surface area (TPSA) is 225 Å². The van der Waals surface area contributed by atoms with Gasteiger partial charge in [0.2, 0.25) is 9.84 Å². The van der Waals surface area contributed by atoms with Crippen LogP contribution < -0.4 is 79.2 Å². The van der Waals surface area contributed by atoms with Crippen molar-refractivity contribution in [1.82, 2.24) is 0 Å². The number of amides is 2. The van der Waals surface area contributed by atoms with Crippen molar-refractivity contribution >= 4 is 53.3 Å². The van der Waals surface area contributed by atoms with E-state index in [1.165, 1.54) is 60.7 Å². The molecule has 0 unspecified atom stereocenters. The van der Waals surface area contributed by atoms with Crippen LogP contribution >= 0.6 is 0 Å². The van der Waals surface area contributed by atoms with Gasteiger partial charge in [0.15, 0.2) is 0 Å². The molecule has 47 heavy (non-hydrogen) atoms. The molecule has 1 aliphatic heterocycles. The Balaban J connectivity index is 0.00000300. The summed E-state index contributed by atoms with van der Waals surface area (Å²) in [4.78, 5) is 24.2. The first-order valence-corrected chi connectivity index (χ1v) is 16.8. The zero-order valence-electron chi connectivity index (χ0n) is 25.1. The number of benzene rings is 4. The van der Waals surface area contributed by atoms with Crippen molar-refractivity contribution in [2.75, 3.05) is 24.9 Å². The van der Waals surface area contributed by atoms with Gasteiger partial charge in [0.1, 0.15) is 31.7 Å². The number of fused-ring (bicyclic) bond motifs is 3. The van der Waals surface area contributed by atoms with Crippen LogP contribution in [0.1, 0.15) is 20.7 Å². The third-order valence-electron chi connectivity index (χ3n) is 6.74. The fourth-order valence-corrected chi connectivity index (χ4v) is 7.88. The molecule has 0 fully saturated rings. The summed E-state index contributed by atoms with van der Waals surface area (Å²) in [5.41, 5.74) is 0.0941. The minimum Gasteiger partial charge on any atom is -0.744 e. The average Bonchev–Trinajstić information content (AvgIpc) is 3.20. The maximum Gasteiger partial charge on any atom is 1.00 e. The number of anilines is 2. The van der Waals surface area contributed by atoms with Gasteiger partial charge >= 0.3 is 59.1 Å². The largest absolute Gasteiger partial charge is 1.00 e. The van der Waals surface area contributed by atoms with Crippen molar-refractivity contribution in [3.8, 4) is 22.6 Å². The van der Waals surface area contributed by atoms with Gasteiger partial charge in [-0.3, -0.25) is 9.59 Å². The third kappa shape index (κ3) is 7.45. The number of para-hydroxylation sites is 2. The standard InChI is InChI=1S/C28H22N2O12S3.2Na/c1-41-25-19(5-3-7-21(25)44(35,36)37)27(31)29-15-9-11-17-18-12-10-16(14-24(18)43(33,34)23(17)13-15)30-28(32)20-6-4-8-22(26(20)42-2)45(38,39)40;;/h3-14H,1-2H3,(H,29,31)(H,30,32)(H,35,36,37)(H,38,39,40);;/q;2*+1/p-2. The molecule has 2 N–H and O–H groups in total. The third-order valence-corrected chi connectivity index (χ3v) is 10.3. The molecule has 0 saturated heterocycles. The van der Waals surface area contributed by atoms with Crippen LogP contribution in [0.3, 0.4) is 0 Å². The number of methoxy groups -OCH3 is 2. The molecule has 0 radical (unpaired) electrons. The van der Waals surface area contributed by atoms with E-state index >= 15 is 0 Å². The maximum atomic E-state index is 13.5. The van der Waals surface area contributed by atoms with E-state index in [9.17, 15) is 43.9 Å². The second-order valence-electron chi connectivity index (χ2n) is 9.42. The Morgan fingerprint density at radius 2 is 1.00 bits per heavy atom. The molecular weight excluding hydrogens is 698 g/mol. The zero-order chi connectivity index (χ0) is 32.9.